The first-order valence-corrected chi connectivity index (χ1v) is 11.4. The molecule has 0 saturated carbocycles. The summed E-state index contributed by atoms with van der Waals surface area (Å²) in [4.78, 5) is 4.55. The minimum absolute atomic E-state index is 0.000403. The summed E-state index contributed by atoms with van der Waals surface area (Å²) in [6.07, 6.45) is 0.756. The van der Waals surface area contributed by atoms with Crippen molar-refractivity contribution in [2.24, 2.45) is 4.99 Å². The standard InChI is InChI=1S/C21H28N4O3S/c1-3-22-21(24-16-18-9-5-7-11-20(18)28-2)23-13-15-29(26,27)25-14-12-17-8-4-6-10-19(17)25/h4-11H,3,12-16H2,1-2H3,(H2,22,23,24). The van der Waals surface area contributed by atoms with Crippen molar-refractivity contribution < 1.29 is 13.2 Å². The molecule has 29 heavy (non-hydrogen) atoms. The number of para-hydroxylation sites is 2. The molecule has 0 amide bonds. The van der Waals surface area contributed by atoms with E-state index in [1.54, 1.807) is 7.11 Å². The van der Waals surface area contributed by atoms with E-state index < -0.39 is 10.0 Å². The van der Waals surface area contributed by atoms with Crippen LogP contribution >= 0.6 is 0 Å². The van der Waals surface area contributed by atoms with Crippen molar-refractivity contribution in [1.29, 1.82) is 0 Å². The molecular weight excluding hydrogens is 388 g/mol. The average molecular weight is 417 g/mol. The van der Waals surface area contributed by atoms with Gasteiger partial charge < -0.3 is 15.4 Å². The second-order valence-electron chi connectivity index (χ2n) is 6.70. The number of aliphatic imine (C=N–C) groups is 1. The van der Waals surface area contributed by atoms with Gasteiger partial charge in [0, 0.05) is 25.2 Å². The van der Waals surface area contributed by atoms with Crippen LogP contribution in [0.1, 0.15) is 18.1 Å². The van der Waals surface area contributed by atoms with Crippen LogP contribution in [-0.4, -0.2) is 46.9 Å². The van der Waals surface area contributed by atoms with Gasteiger partial charge >= 0.3 is 0 Å². The van der Waals surface area contributed by atoms with E-state index in [2.05, 4.69) is 15.6 Å². The van der Waals surface area contributed by atoms with Crippen molar-refractivity contribution in [3.63, 3.8) is 0 Å². The summed E-state index contributed by atoms with van der Waals surface area (Å²) in [5, 5.41) is 6.28. The second kappa shape index (κ2) is 9.65. The Balaban J connectivity index is 1.60. The highest BCUT2D eigenvalue weighted by molar-refractivity contribution is 7.92. The van der Waals surface area contributed by atoms with Gasteiger partial charge in [-0.25, -0.2) is 13.4 Å². The molecule has 0 bridgehead atoms. The minimum Gasteiger partial charge on any atom is -0.496 e. The Bertz CT molecular complexity index is 960. The van der Waals surface area contributed by atoms with Crippen LogP contribution in [0.25, 0.3) is 0 Å². The molecule has 0 spiro atoms. The monoisotopic (exact) mass is 416 g/mol. The smallest absolute Gasteiger partial charge is 0.236 e. The third-order valence-corrected chi connectivity index (χ3v) is 6.55. The van der Waals surface area contributed by atoms with E-state index in [0.717, 1.165) is 29.0 Å². The van der Waals surface area contributed by atoms with Gasteiger partial charge in [0.05, 0.1) is 25.1 Å². The van der Waals surface area contributed by atoms with Crippen molar-refractivity contribution in [3.05, 3.63) is 59.7 Å². The molecule has 7 nitrogen and oxygen atoms in total. The lowest BCUT2D eigenvalue weighted by Crippen LogP contribution is -2.42. The predicted octanol–water partition coefficient (Wildman–Crippen LogP) is 2.14. The number of methoxy groups -OCH3 is 1. The number of anilines is 1. The number of guanidine groups is 1. The molecule has 156 valence electrons. The van der Waals surface area contributed by atoms with Crippen molar-refractivity contribution in [2.75, 3.05) is 36.8 Å². The van der Waals surface area contributed by atoms with E-state index in [0.29, 0.717) is 25.6 Å². The lowest BCUT2D eigenvalue weighted by molar-refractivity contribution is 0.410. The maximum atomic E-state index is 12.8. The fourth-order valence-corrected chi connectivity index (χ4v) is 4.77. The summed E-state index contributed by atoms with van der Waals surface area (Å²) < 4.78 is 32.5. The average Bonchev–Trinajstić information content (AvgIpc) is 3.17. The Morgan fingerprint density at radius 1 is 1.14 bits per heavy atom. The number of rotatable bonds is 8. The molecule has 1 heterocycles. The van der Waals surface area contributed by atoms with Gasteiger partial charge in [0.1, 0.15) is 5.75 Å². The molecule has 8 heteroatoms. The van der Waals surface area contributed by atoms with Crippen LogP contribution in [0.5, 0.6) is 5.75 Å². The first-order valence-electron chi connectivity index (χ1n) is 9.77. The van der Waals surface area contributed by atoms with E-state index in [-0.39, 0.29) is 12.3 Å². The fourth-order valence-electron chi connectivity index (χ4n) is 3.35. The number of nitrogens with zero attached hydrogens (tertiary/aromatic N) is 2. The van der Waals surface area contributed by atoms with Crippen LogP contribution in [-0.2, 0) is 23.0 Å². The highest BCUT2D eigenvalue weighted by Crippen LogP contribution is 2.29. The summed E-state index contributed by atoms with van der Waals surface area (Å²) in [5.41, 5.74) is 2.84. The van der Waals surface area contributed by atoms with Gasteiger partial charge in [0.15, 0.2) is 5.96 Å². The van der Waals surface area contributed by atoms with Crippen LogP contribution in [0.3, 0.4) is 0 Å². The van der Waals surface area contributed by atoms with Gasteiger partial charge in [0.2, 0.25) is 10.0 Å². The number of ether oxygens (including phenoxy) is 1. The second-order valence-corrected chi connectivity index (χ2v) is 8.71. The third-order valence-electron chi connectivity index (χ3n) is 4.78. The minimum atomic E-state index is -3.39. The molecule has 1 aliphatic heterocycles. The zero-order valence-electron chi connectivity index (χ0n) is 16.9. The molecule has 0 radical (unpaired) electrons. The van der Waals surface area contributed by atoms with Crippen LogP contribution < -0.4 is 19.7 Å². The number of hydrogen-bond donors (Lipinski definition) is 2. The molecule has 0 saturated heterocycles. The van der Waals surface area contributed by atoms with Gasteiger partial charge in [-0.2, -0.15) is 0 Å². The summed E-state index contributed by atoms with van der Waals surface area (Å²) in [6.45, 7) is 3.87. The fraction of sp³-hybridized carbons (Fsp3) is 0.381. The molecule has 0 aromatic heterocycles. The van der Waals surface area contributed by atoms with Crippen LogP contribution in [0, 0.1) is 0 Å². The summed E-state index contributed by atoms with van der Waals surface area (Å²) in [6, 6.07) is 15.4. The van der Waals surface area contributed by atoms with Crippen LogP contribution in [0.15, 0.2) is 53.5 Å². The Morgan fingerprint density at radius 2 is 1.90 bits per heavy atom. The van der Waals surface area contributed by atoms with E-state index >= 15 is 0 Å². The maximum Gasteiger partial charge on any atom is 0.236 e. The number of nitrogens with one attached hydrogen (secondary N) is 2. The number of benzene rings is 2. The van der Waals surface area contributed by atoms with Crippen molar-refractivity contribution in [3.8, 4) is 5.75 Å². The molecule has 2 N–H and O–H groups in total. The quantitative estimate of drug-likeness (QED) is 0.509. The highest BCUT2D eigenvalue weighted by atomic mass is 32.2. The van der Waals surface area contributed by atoms with Crippen molar-refractivity contribution in [2.45, 2.75) is 19.9 Å². The van der Waals surface area contributed by atoms with Crippen LogP contribution in [0.4, 0.5) is 5.69 Å². The van der Waals surface area contributed by atoms with E-state index in [1.165, 1.54) is 4.31 Å². The third kappa shape index (κ3) is 5.20. The normalized spacial score (nSPS) is 13.9. The lowest BCUT2D eigenvalue weighted by atomic mass is 10.2. The van der Waals surface area contributed by atoms with Gasteiger partial charge in [-0.05, 0) is 31.0 Å². The summed E-state index contributed by atoms with van der Waals surface area (Å²) in [7, 11) is -1.76. The molecule has 0 atom stereocenters. The predicted molar refractivity (Wildman–Crippen MR) is 117 cm³/mol. The Morgan fingerprint density at radius 3 is 2.69 bits per heavy atom. The topological polar surface area (TPSA) is 83.0 Å². The van der Waals surface area contributed by atoms with Gasteiger partial charge in [-0.1, -0.05) is 36.4 Å². The summed E-state index contributed by atoms with van der Waals surface area (Å²) in [5.74, 6) is 1.36. The number of sulfonamides is 1. The lowest BCUT2D eigenvalue weighted by Gasteiger charge is -2.20. The largest absolute Gasteiger partial charge is 0.496 e. The first-order chi connectivity index (χ1) is 14.0. The molecule has 0 aliphatic carbocycles. The molecule has 1 aliphatic rings. The number of hydrogen-bond acceptors (Lipinski definition) is 4. The van der Waals surface area contributed by atoms with E-state index in [4.69, 9.17) is 4.74 Å². The molecule has 0 fully saturated rings. The summed E-state index contributed by atoms with van der Waals surface area (Å²) >= 11 is 0. The molecule has 2 aromatic rings. The van der Waals surface area contributed by atoms with Crippen molar-refractivity contribution in [1.82, 2.24) is 10.6 Å². The molecular formula is C21H28N4O3S. The molecule has 3 rings (SSSR count). The van der Waals surface area contributed by atoms with Gasteiger partial charge in [-0.3, -0.25) is 4.31 Å². The molecule has 0 unspecified atom stereocenters. The SMILES string of the molecule is CCNC(=NCc1ccccc1OC)NCCS(=O)(=O)N1CCc2ccccc21. The van der Waals surface area contributed by atoms with Crippen LogP contribution in [0.2, 0.25) is 0 Å². The Hall–Kier alpha value is -2.74. The van der Waals surface area contributed by atoms with Gasteiger partial charge in [0.25, 0.3) is 0 Å². The Kier molecular flexibility index (Phi) is 6.98. The zero-order valence-corrected chi connectivity index (χ0v) is 17.7. The van der Waals surface area contributed by atoms with Crippen molar-refractivity contribution >= 4 is 21.7 Å². The van der Waals surface area contributed by atoms with E-state index in [9.17, 15) is 8.42 Å². The van der Waals surface area contributed by atoms with E-state index in [1.807, 2.05) is 55.5 Å². The first kappa shape index (κ1) is 21.0. The molecule has 2 aromatic carbocycles. The highest BCUT2D eigenvalue weighted by Gasteiger charge is 2.28. The maximum absolute atomic E-state index is 12.8. The zero-order chi connectivity index (χ0) is 20.7. The van der Waals surface area contributed by atoms with Gasteiger partial charge in [-0.15, -0.1) is 0 Å². The Labute approximate surface area is 172 Å². The number of fused-ring (bicyclic) bond motifs is 1.